The zero-order chi connectivity index (χ0) is 15.3. The summed E-state index contributed by atoms with van der Waals surface area (Å²) >= 11 is 0. The van der Waals surface area contributed by atoms with Crippen LogP contribution in [-0.4, -0.2) is 18.5 Å². The molecule has 0 N–H and O–H groups in total. The summed E-state index contributed by atoms with van der Waals surface area (Å²) in [6.07, 6.45) is -4.27. The van der Waals surface area contributed by atoms with E-state index in [0.717, 1.165) is 6.07 Å². The zero-order valence-electron chi connectivity index (χ0n) is 11.6. The Hall–Kier alpha value is -1.72. The molecule has 0 bridgehead atoms. The number of benzene rings is 1. The predicted octanol–water partition coefficient (Wildman–Crippen LogP) is 3.85. The number of carbonyl (C=O) groups is 1. The molecule has 0 heterocycles. The molecule has 0 aliphatic heterocycles. The van der Waals surface area contributed by atoms with E-state index in [0.29, 0.717) is 6.42 Å². The van der Waals surface area contributed by atoms with Crippen molar-refractivity contribution >= 4 is 5.78 Å². The molecule has 0 aromatic heterocycles. The minimum atomic E-state index is -4.54. The number of ketones is 1. The SMILES string of the molecule is CCC(C)Oc1ccc(OCC(C)=O)cc1C(F)(F)F. The van der Waals surface area contributed by atoms with E-state index >= 15 is 0 Å². The molecule has 20 heavy (non-hydrogen) atoms. The van der Waals surface area contributed by atoms with Crippen molar-refractivity contribution in [1.29, 1.82) is 0 Å². The zero-order valence-corrected chi connectivity index (χ0v) is 11.6. The van der Waals surface area contributed by atoms with Gasteiger partial charge >= 0.3 is 6.18 Å². The van der Waals surface area contributed by atoms with Crippen LogP contribution in [0.5, 0.6) is 11.5 Å². The lowest BCUT2D eigenvalue weighted by Gasteiger charge is -2.18. The van der Waals surface area contributed by atoms with Crippen LogP contribution in [0.3, 0.4) is 0 Å². The average molecular weight is 290 g/mol. The lowest BCUT2D eigenvalue weighted by atomic mass is 10.1. The van der Waals surface area contributed by atoms with Crippen molar-refractivity contribution in [3.05, 3.63) is 23.8 Å². The molecule has 0 amide bonds. The van der Waals surface area contributed by atoms with Gasteiger partial charge in [0.25, 0.3) is 0 Å². The number of hydrogen-bond acceptors (Lipinski definition) is 3. The molecule has 112 valence electrons. The maximum Gasteiger partial charge on any atom is 0.420 e. The summed E-state index contributed by atoms with van der Waals surface area (Å²) in [5.41, 5.74) is -0.904. The van der Waals surface area contributed by atoms with E-state index in [-0.39, 0.29) is 30.0 Å². The third-order valence-electron chi connectivity index (χ3n) is 2.60. The topological polar surface area (TPSA) is 35.5 Å². The molecule has 3 nitrogen and oxygen atoms in total. The van der Waals surface area contributed by atoms with E-state index in [1.807, 2.05) is 6.92 Å². The molecule has 1 aromatic rings. The third-order valence-corrected chi connectivity index (χ3v) is 2.60. The molecule has 0 saturated heterocycles. The van der Waals surface area contributed by atoms with E-state index in [4.69, 9.17) is 9.47 Å². The van der Waals surface area contributed by atoms with Crippen molar-refractivity contribution in [3.8, 4) is 11.5 Å². The van der Waals surface area contributed by atoms with Crippen LogP contribution in [0.4, 0.5) is 13.2 Å². The van der Waals surface area contributed by atoms with Crippen LogP contribution in [-0.2, 0) is 11.0 Å². The van der Waals surface area contributed by atoms with Crippen molar-refractivity contribution in [1.82, 2.24) is 0 Å². The Morgan fingerprint density at radius 3 is 2.50 bits per heavy atom. The number of halogens is 3. The summed E-state index contributed by atoms with van der Waals surface area (Å²) in [4.78, 5) is 10.8. The summed E-state index contributed by atoms with van der Waals surface area (Å²) in [6.45, 7) is 4.55. The standard InChI is InChI=1S/C14H17F3O3/c1-4-10(3)20-13-6-5-11(19-8-9(2)18)7-12(13)14(15,16)17/h5-7,10H,4,8H2,1-3H3. The molecule has 0 aliphatic carbocycles. The highest BCUT2D eigenvalue weighted by Crippen LogP contribution is 2.38. The van der Waals surface area contributed by atoms with E-state index < -0.39 is 11.7 Å². The van der Waals surface area contributed by atoms with E-state index in [1.165, 1.54) is 19.1 Å². The number of ether oxygens (including phenoxy) is 2. The summed E-state index contributed by atoms with van der Waals surface area (Å²) in [5.74, 6) is -0.510. The largest absolute Gasteiger partial charge is 0.490 e. The van der Waals surface area contributed by atoms with Gasteiger partial charge in [-0.3, -0.25) is 4.79 Å². The van der Waals surface area contributed by atoms with E-state index in [9.17, 15) is 18.0 Å². The second kappa shape index (κ2) is 6.63. The monoisotopic (exact) mass is 290 g/mol. The van der Waals surface area contributed by atoms with Gasteiger partial charge in [0.1, 0.15) is 23.7 Å². The Bertz CT molecular complexity index is 469. The second-order valence-corrected chi connectivity index (χ2v) is 4.48. The molecular formula is C14H17F3O3. The Balaban J connectivity index is 3.04. The van der Waals surface area contributed by atoms with Crippen molar-refractivity contribution in [2.75, 3.05) is 6.61 Å². The lowest BCUT2D eigenvalue weighted by Crippen LogP contribution is -2.15. The molecular weight excluding hydrogens is 273 g/mol. The van der Waals surface area contributed by atoms with Crippen molar-refractivity contribution in [3.63, 3.8) is 0 Å². The predicted molar refractivity (Wildman–Crippen MR) is 68.0 cm³/mol. The second-order valence-electron chi connectivity index (χ2n) is 4.48. The number of alkyl halides is 3. The van der Waals surface area contributed by atoms with Crippen LogP contribution >= 0.6 is 0 Å². The highest BCUT2D eigenvalue weighted by atomic mass is 19.4. The van der Waals surface area contributed by atoms with Crippen LogP contribution in [0.15, 0.2) is 18.2 Å². The molecule has 1 atom stereocenters. The summed E-state index contributed by atoms with van der Waals surface area (Å²) in [7, 11) is 0. The molecule has 0 spiro atoms. The van der Waals surface area contributed by atoms with Crippen molar-refractivity contribution in [2.24, 2.45) is 0 Å². The number of carbonyl (C=O) groups excluding carboxylic acids is 1. The summed E-state index contributed by atoms with van der Waals surface area (Å²) in [6, 6.07) is 3.42. The molecule has 0 saturated carbocycles. The third kappa shape index (κ3) is 4.75. The van der Waals surface area contributed by atoms with Gasteiger partial charge in [0.15, 0.2) is 5.78 Å². The van der Waals surface area contributed by atoms with Gasteiger partial charge in [-0.25, -0.2) is 0 Å². The normalized spacial score (nSPS) is 12.9. The van der Waals surface area contributed by atoms with Gasteiger partial charge < -0.3 is 9.47 Å². The molecule has 1 unspecified atom stereocenters. The highest BCUT2D eigenvalue weighted by molar-refractivity contribution is 5.77. The molecule has 0 fully saturated rings. The maximum absolute atomic E-state index is 13.0. The Morgan fingerprint density at radius 2 is 2.00 bits per heavy atom. The summed E-state index contributed by atoms with van der Waals surface area (Å²) < 4.78 is 49.2. The first kappa shape index (κ1) is 16.3. The Labute approximate surface area is 115 Å². The Kier molecular flexibility index (Phi) is 5.42. The quantitative estimate of drug-likeness (QED) is 0.798. The minimum absolute atomic E-state index is 0.0102. The van der Waals surface area contributed by atoms with Crippen LogP contribution in [0.2, 0.25) is 0 Å². The molecule has 6 heteroatoms. The Morgan fingerprint density at radius 1 is 1.35 bits per heavy atom. The fourth-order valence-electron chi connectivity index (χ4n) is 1.41. The van der Waals surface area contributed by atoms with Crippen LogP contribution in [0, 0.1) is 0 Å². The van der Waals surface area contributed by atoms with Crippen molar-refractivity contribution in [2.45, 2.75) is 39.5 Å². The average Bonchev–Trinajstić information content (AvgIpc) is 2.36. The first-order chi connectivity index (χ1) is 9.24. The molecule has 0 aliphatic rings. The number of Topliss-reactive ketones (excluding diaryl/α,β-unsaturated/α-hetero) is 1. The summed E-state index contributed by atoms with van der Waals surface area (Å²) in [5, 5.41) is 0. The fourth-order valence-corrected chi connectivity index (χ4v) is 1.41. The van der Waals surface area contributed by atoms with Crippen LogP contribution < -0.4 is 9.47 Å². The highest BCUT2D eigenvalue weighted by Gasteiger charge is 2.35. The fraction of sp³-hybridized carbons (Fsp3) is 0.500. The minimum Gasteiger partial charge on any atom is -0.490 e. The first-order valence-electron chi connectivity index (χ1n) is 6.24. The van der Waals surface area contributed by atoms with Gasteiger partial charge in [-0.2, -0.15) is 13.2 Å². The van der Waals surface area contributed by atoms with Crippen LogP contribution in [0.1, 0.15) is 32.8 Å². The van der Waals surface area contributed by atoms with E-state index in [1.54, 1.807) is 6.92 Å². The van der Waals surface area contributed by atoms with E-state index in [2.05, 4.69) is 0 Å². The van der Waals surface area contributed by atoms with Gasteiger partial charge in [-0.05, 0) is 38.5 Å². The molecule has 1 aromatic carbocycles. The van der Waals surface area contributed by atoms with Gasteiger partial charge in [0.05, 0.1) is 6.10 Å². The smallest absolute Gasteiger partial charge is 0.420 e. The first-order valence-corrected chi connectivity index (χ1v) is 6.24. The maximum atomic E-state index is 13.0. The van der Waals surface area contributed by atoms with Gasteiger partial charge in [0, 0.05) is 0 Å². The van der Waals surface area contributed by atoms with Gasteiger partial charge in [-0.15, -0.1) is 0 Å². The number of hydrogen-bond donors (Lipinski definition) is 0. The lowest BCUT2D eigenvalue weighted by molar-refractivity contribution is -0.139. The van der Waals surface area contributed by atoms with Gasteiger partial charge in [-0.1, -0.05) is 6.92 Å². The van der Waals surface area contributed by atoms with Crippen LogP contribution in [0.25, 0.3) is 0 Å². The van der Waals surface area contributed by atoms with Crippen molar-refractivity contribution < 1.29 is 27.4 Å². The van der Waals surface area contributed by atoms with Gasteiger partial charge in [0.2, 0.25) is 0 Å². The number of rotatable bonds is 6. The molecule has 1 rings (SSSR count). The molecule has 0 radical (unpaired) electrons.